The Morgan fingerprint density at radius 2 is 0.773 bits per heavy atom. The van der Waals surface area contributed by atoms with Gasteiger partial charge in [-0.2, -0.15) is 0 Å². The molecule has 0 saturated carbocycles. The molecule has 0 fully saturated rings. The fraction of sp³-hybridized carbons (Fsp3) is 0.0137. The Morgan fingerprint density at radius 3 is 1.45 bits per heavy atom. The van der Waals surface area contributed by atoms with Gasteiger partial charge in [-0.05, 0) is 154 Å². The standard InChI is InChI=1S/C73H46N2/c1-2-18-52(19-3-1)75-71-45-50(35-41-64(71)65-42-34-48-16-4-7-21-57(48)72(65)75)47-30-36-53(37-31-47)74(54-38-32-49(33-39-54)66-44-51-17-5-6-20-56(51)58-22-8-9-23-59(58)66)55-40-43-63-62-26-12-15-29-69(62)73(70(63)46-55)67-27-13-10-24-60(67)61-25-11-14-28-68(61)73/h1-46H. The van der Waals surface area contributed by atoms with Crippen molar-refractivity contribution in [2.75, 3.05) is 4.90 Å². The first-order valence-corrected chi connectivity index (χ1v) is 26.1. The fourth-order valence-electron chi connectivity index (χ4n) is 13.4. The van der Waals surface area contributed by atoms with E-state index in [-0.39, 0.29) is 0 Å². The number of anilines is 3. The predicted octanol–water partition coefficient (Wildman–Crippen LogP) is 19.4. The van der Waals surface area contributed by atoms with E-state index in [4.69, 9.17) is 0 Å². The van der Waals surface area contributed by atoms with Crippen LogP contribution in [0, 0.1) is 0 Å². The van der Waals surface area contributed by atoms with Crippen LogP contribution in [-0.4, -0.2) is 4.57 Å². The van der Waals surface area contributed by atoms with Gasteiger partial charge in [0.25, 0.3) is 0 Å². The highest BCUT2D eigenvalue weighted by Crippen LogP contribution is 2.63. The number of fused-ring (bicyclic) bond motifs is 18. The van der Waals surface area contributed by atoms with Crippen molar-refractivity contribution >= 4 is 71.2 Å². The smallest absolute Gasteiger partial charge is 0.0726 e. The first kappa shape index (κ1) is 41.8. The number of hydrogen-bond donors (Lipinski definition) is 0. The molecule has 0 bridgehead atoms. The van der Waals surface area contributed by atoms with E-state index in [9.17, 15) is 0 Å². The Morgan fingerprint density at radius 1 is 0.267 bits per heavy atom. The minimum absolute atomic E-state index is 0.460. The van der Waals surface area contributed by atoms with E-state index in [1.807, 2.05) is 0 Å². The second-order valence-corrected chi connectivity index (χ2v) is 20.3. The Balaban J connectivity index is 0.873. The quantitative estimate of drug-likeness (QED) is 0.151. The fourth-order valence-corrected chi connectivity index (χ4v) is 13.4. The van der Waals surface area contributed by atoms with Gasteiger partial charge in [0.05, 0.1) is 16.4 Å². The first-order chi connectivity index (χ1) is 37.2. The third-order valence-electron chi connectivity index (χ3n) is 16.6. The summed E-state index contributed by atoms with van der Waals surface area (Å²) in [5.41, 5.74) is 21.7. The van der Waals surface area contributed by atoms with Crippen molar-refractivity contribution < 1.29 is 0 Å². The van der Waals surface area contributed by atoms with Gasteiger partial charge in [-0.3, -0.25) is 0 Å². The zero-order valence-electron chi connectivity index (χ0n) is 41.0. The molecule has 1 heterocycles. The van der Waals surface area contributed by atoms with Crippen molar-refractivity contribution in [2.45, 2.75) is 5.41 Å². The second-order valence-electron chi connectivity index (χ2n) is 20.3. The third kappa shape index (κ3) is 6.02. The minimum Gasteiger partial charge on any atom is -0.310 e. The maximum absolute atomic E-state index is 2.49. The molecule has 1 aromatic heterocycles. The van der Waals surface area contributed by atoms with Gasteiger partial charge in [0.2, 0.25) is 0 Å². The van der Waals surface area contributed by atoms with Crippen molar-refractivity contribution in [2.24, 2.45) is 0 Å². The molecular weight excluding hydrogens is 905 g/mol. The first-order valence-electron chi connectivity index (χ1n) is 26.1. The lowest BCUT2D eigenvalue weighted by atomic mass is 9.70. The van der Waals surface area contributed by atoms with Crippen LogP contribution in [-0.2, 0) is 5.41 Å². The number of benzene rings is 13. The molecule has 75 heavy (non-hydrogen) atoms. The molecule has 16 rings (SSSR count). The molecule has 0 N–H and O–H groups in total. The third-order valence-corrected chi connectivity index (χ3v) is 16.6. The highest BCUT2D eigenvalue weighted by Gasteiger charge is 2.51. The van der Waals surface area contributed by atoms with E-state index in [0.717, 1.165) is 28.3 Å². The van der Waals surface area contributed by atoms with Crippen molar-refractivity contribution in [1.29, 1.82) is 0 Å². The molecule has 0 aliphatic heterocycles. The Kier molecular flexibility index (Phi) is 8.99. The van der Waals surface area contributed by atoms with Gasteiger partial charge >= 0.3 is 0 Å². The summed E-state index contributed by atoms with van der Waals surface area (Å²) >= 11 is 0. The zero-order valence-corrected chi connectivity index (χ0v) is 41.0. The van der Waals surface area contributed by atoms with Gasteiger partial charge in [0, 0.05) is 38.9 Å². The summed E-state index contributed by atoms with van der Waals surface area (Å²) in [5.74, 6) is 0. The number of rotatable bonds is 6. The number of nitrogens with zero attached hydrogens (tertiary/aromatic N) is 2. The Bertz CT molecular complexity index is 4570. The summed E-state index contributed by atoms with van der Waals surface area (Å²) in [4.78, 5) is 2.46. The SMILES string of the molecule is c1ccc(-n2c3cc(-c4ccc(N(c5ccc(-c6cc7ccccc7c7ccccc67)cc5)c5ccc6c(c5)C5(c7ccccc7-c7ccccc75)c5ccccc5-6)cc4)ccc3c3ccc4ccccc4c32)cc1. The molecule has 2 aliphatic rings. The normalized spacial score (nSPS) is 12.9. The Hall–Kier alpha value is -9.76. The van der Waals surface area contributed by atoms with Crippen LogP contribution in [0.2, 0.25) is 0 Å². The highest BCUT2D eigenvalue weighted by atomic mass is 15.1. The molecule has 0 saturated heterocycles. The number of para-hydroxylation sites is 1. The zero-order chi connectivity index (χ0) is 49.2. The molecule has 2 heteroatoms. The molecule has 2 nitrogen and oxygen atoms in total. The van der Waals surface area contributed by atoms with Crippen molar-refractivity contribution in [3.05, 3.63) is 301 Å². The van der Waals surface area contributed by atoms with E-state index in [2.05, 4.69) is 289 Å². The van der Waals surface area contributed by atoms with Crippen molar-refractivity contribution in [1.82, 2.24) is 4.57 Å². The number of aromatic nitrogens is 1. The van der Waals surface area contributed by atoms with Crippen LogP contribution >= 0.6 is 0 Å². The summed E-state index contributed by atoms with van der Waals surface area (Å²) in [7, 11) is 0. The average Bonchev–Trinajstić information content (AvgIpc) is 4.30. The van der Waals surface area contributed by atoms with E-state index in [1.165, 1.54) is 115 Å². The van der Waals surface area contributed by atoms with Gasteiger partial charge < -0.3 is 9.47 Å². The molecular formula is C73H46N2. The molecule has 14 aromatic rings. The van der Waals surface area contributed by atoms with E-state index >= 15 is 0 Å². The molecule has 0 atom stereocenters. The minimum atomic E-state index is -0.460. The summed E-state index contributed by atoms with van der Waals surface area (Å²) in [6.07, 6.45) is 0. The van der Waals surface area contributed by atoms with Crippen LogP contribution in [0.3, 0.4) is 0 Å². The van der Waals surface area contributed by atoms with Crippen molar-refractivity contribution in [3.63, 3.8) is 0 Å². The molecule has 0 unspecified atom stereocenters. The lowest BCUT2D eigenvalue weighted by Gasteiger charge is -2.32. The second kappa shape index (κ2) is 16.1. The van der Waals surface area contributed by atoms with Crippen LogP contribution < -0.4 is 4.90 Å². The average molecular weight is 951 g/mol. The maximum Gasteiger partial charge on any atom is 0.0726 e. The van der Waals surface area contributed by atoms with Crippen LogP contribution in [0.1, 0.15) is 22.3 Å². The van der Waals surface area contributed by atoms with E-state index in [0.29, 0.717) is 0 Å². The van der Waals surface area contributed by atoms with Gasteiger partial charge in [0.15, 0.2) is 0 Å². The van der Waals surface area contributed by atoms with Gasteiger partial charge in [-0.15, -0.1) is 0 Å². The summed E-state index contributed by atoms with van der Waals surface area (Å²) in [5, 5.41) is 10.0. The predicted molar refractivity (Wildman–Crippen MR) is 315 cm³/mol. The lowest BCUT2D eigenvalue weighted by Crippen LogP contribution is -2.26. The molecule has 348 valence electrons. The summed E-state index contributed by atoms with van der Waals surface area (Å²) < 4.78 is 2.46. The topological polar surface area (TPSA) is 8.17 Å². The van der Waals surface area contributed by atoms with Gasteiger partial charge in [0.1, 0.15) is 0 Å². The summed E-state index contributed by atoms with van der Waals surface area (Å²) in [6.45, 7) is 0. The van der Waals surface area contributed by atoms with Gasteiger partial charge in [-0.25, -0.2) is 0 Å². The van der Waals surface area contributed by atoms with Crippen LogP contribution in [0.5, 0.6) is 0 Å². The molecule has 13 aromatic carbocycles. The lowest BCUT2D eigenvalue weighted by molar-refractivity contribution is 0.793. The summed E-state index contributed by atoms with van der Waals surface area (Å²) in [6, 6.07) is 104. The monoisotopic (exact) mass is 950 g/mol. The van der Waals surface area contributed by atoms with Crippen LogP contribution in [0.4, 0.5) is 17.1 Å². The molecule has 0 radical (unpaired) electrons. The number of hydrogen-bond acceptors (Lipinski definition) is 1. The molecule has 1 spiro atoms. The maximum atomic E-state index is 2.49. The molecule has 2 aliphatic carbocycles. The van der Waals surface area contributed by atoms with Crippen LogP contribution in [0.25, 0.3) is 104 Å². The van der Waals surface area contributed by atoms with Crippen LogP contribution in [0.15, 0.2) is 279 Å². The van der Waals surface area contributed by atoms with E-state index < -0.39 is 5.41 Å². The van der Waals surface area contributed by atoms with Gasteiger partial charge in [-0.1, -0.05) is 218 Å². The molecule has 0 amide bonds. The Labute approximate surface area is 435 Å². The largest absolute Gasteiger partial charge is 0.310 e. The van der Waals surface area contributed by atoms with E-state index in [1.54, 1.807) is 0 Å². The van der Waals surface area contributed by atoms with Crippen molar-refractivity contribution in [3.8, 4) is 50.2 Å². The highest BCUT2D eigenvalue weighted by molar-refractivity contribution is 6.19.